The first-order chi connectivity index (χ1) is 11.5. The van der Waals surface area contributed by atoms with Crippen LogP contribution in [0.1, 0.15) is 71.1 Å². The number of carbonyl (C=O) groups excluding carboxylic acids is 2. The van der Waals surface area contributed by atoms with Gasteiger partial charge < -0.3 is 20.8 Å². The van der Waals surface area contributed by atoms with Crippen LogP contribution in [0.3, 0.4) is 0 Å². The highest BCUT2D eigenvalue weighted by atomic mass is 16.4. The van der Waals surface area contributed by atoms with Crippen LogP contribution in [-0.2, 0) is 14.4 Å². The zero-order valence-electron chi connectivity index (χ0n) is 14.7. The number of amides is 2. The summed E-state index contributed by atoms with van der Waals surface area (Å²) in [4.78, 5) is 33.7. The fourth-order valence-corrected chi connectivity index (χ4v) is 2.29. The molecule has 24 heavy (non-hydrogen) atoms. The first-order valence-corrected chi connectivity index (χ1v) is 8.91. The van der Waals surface area contributed by atoms with Gasteiger partial charge in [-0.2, -0.15) is 0 Å². The van der Waals surface area contributed by atoms with Crippen molar-refractivity contribution >= 4 is 17.8 Å². The van der Waals surface area contributed by atoms with Gasteiger partial charge in [0.2, 0.25) is 11.8 Å². The van der Waals surface area contributed by atoms with E-state index in [0.717, 1.165) is 19.3 Å². The van der Waals surface area contributed by atoms with E-state index in [4.69, 9.17) is 10.2 Å². The minimum Gasteiger partial charge on any atom is -0.480 e. The van der Waals surface area contributed by atoms with Gasteiger partial charge >= 0.3 is 5.97 Å². The maximum absolute atomic E-state index is 11.6. The largest absolute Gasteiger partial charge is 0.480 e. The molecule has 0 aliphatic heterocycles. The monoisotopic (exact) mass is 344 g/mol. The number of carbonyl (C=O) groups is 3. The number of hydrogen-bond donors (Lipinski definition) is 4. The third-order valence-corrected chi connectivity index (χ3v) is 3.77. The smallest absolute Gasteiger partial charge is 0.328 e. The minimum atomic E-state index is -1.34. The Kier molecular flexibility index (Phi) is 13.9. The third kappa shape index (κ3) is 12.9. The lowest BCUT2D eigenvalue weighted by atomic mass is 10.1. The number of carboxylic acid groups (broad SMARTS) is 1. The van der Waals surface area contributed by atoms with Crippen LogP contribution in [0.2, 0.25) is 0 Å². The highest BCUT2D eigenvalue weighted by Gasteiger charge is 2.18. The molecule has 0 aromatic rings. The molecule has 0 aromatic heterocycles. The summed E-state index contributed by atoms with van der Waals surface area (Å²) in [5.41, 5.74) is 0. The topological polar surface area (TPSA) is 116 Å². The highest BCUT2D eigenvalue weighted by Crippen LogP contribution is 2.10. The first-order valence-electron chi connectivity index (χ1n) is 8.91. The number of rotatable bonds is 15. The van der Waals surface area contributed by atoms with Crippen LogP contribution in [0.25, 0.3) is 0 Å². The van der Waals surface area contributed by atoms with Crippen molar-refractivity contribution in [1.82, 2.24) is 10.6 Å². The molecule has 0 spiro atoms. The van der Waals surface area contributed by atoms with E-state index >= 15 is 0 Å². The molecule has 0 fully saturated rings. The molecule has 2 amide bonds. The van der Waals surface area contributed by atoms with Crippen LogP contribution in [0, 0.1) is 0 Å². The van der Waals surface area contributed by atoms with E-state index in [1.54, 1.807) is 0 Å². The number of unbranched alkanes of at least 4 members (excludes halogenated alkanes) is 8. The minimum absolute atomic E-state index is 0.219. The fourth-order valence-electron chi connectivity index (χ4n) is 2.29. The van der Waals surface area contributed by atoms with Crippen LogP contribution in [-0.4, -0.2) is 47.2 Å². The molecule has 0 heterocycles. The molecule has 0 aliphatic rings. The van der Waals surface area contributed by atoms with Crippen molar-refractivity contribution in [2.45, 2.75) is 77.2 Å². The van der Waals surface area contributed by atoms with Crippen molar-refractivity contribution in [3.05, 3.63) is 0 Å². The van der Waals surface area contributed by atoms with Gasteiger partial charge in [0, 0.05) is 6.42 Å². The molecule has 0 aliphatic carbocycles. The number of aliphatic carboxylic acids is 1. The summed E-state index contributed by atoms with van der Waals surface area (Å²) >= 11 is 0. The van der Waals surface area contributed by atoms with Crippen molar-refractivity contribution in [1.29, 1.82) is 0 Å². The third-order valence-electron chi connectivity index (χ3n) is 3.77. The average Bonchev–Trinajstić information content (AvgIpc) is 2.56. The van der Waals surface area contributed by atoms with E-state index in [1.807, 2.05) is 0 Å². The van der Waals surface area contributed by atoms with Gasteiger partial charge in [-0.1, -0.05) is 58.3 Å². The summed E-state index contributed by atoms with van der Waals surface area (Å²) < 4.78 is 0. The lowest BCUT2D eigenvalue weighted by molar-refractivity contribution is -0.142. The Labute approximate surface area is 144 Å². The number of hydrogen-bond acceptors (Lipinski definition) is 4. The molecule has 0 saturated carbocycles. The van der Waals surface area contributed by atoms with Crippen LogP contribution < -0.4 is 10.6 Å². The Morgan fingerprint density at radius 1 is 0.875 bits per heavy atom. The lowest BCUT2D eigenvalue weighted by Crippen LogP contribution is -2.47. The van der Waals surface area contributed by atoms with Crippen molar-refractivity contribution in [3.63, 3.8) is 0 Å². The normalized spacial score (nSPS) is 11.8. The maximum atomic E-state index is 11.6. The molecular weight excluding hydrogens is 312 g/mol. The van der Waals surface area contributed by atoms with Gasteiger partial charge in [0.05, 0.1) is 13.2 Å². The van der Waals surface area contributed by atoms with Gasteiger partial charge in [-0.15, -0.1) is 0 Å². The van der Waals surface area contributed by atoms with Crippen molar-refractivity contribution < 1.29 is 24.6 Å². The molecular formula is C17H32N2O5. The van der Waals surface area contributed by atoms with Crippen LogP contribution in [0.4, 0.5) is 0 Å². The summed E-state index contributed by atoms with van der Waals surface area (Å²) in [5.74, 6) is -2.16. The summed E-state index contributed by atoms with van der Waals surface area (Å²) in [5, 5.41) is 22.0. The molecule has 0 radical (unpaired) electrons. The van der Waals surface area contributed by atoms with Gasteiger partial charge in [0.25, 0.3) is 0 Å². The van der Waals surface area contributed by atoms with Gasteiger partial charge in [-0.25, -0.2) is 4.79 Å². The molecule has 7 heteroatoms. The zero-order chi connectivity index (χ0) is 18.2. The molecule has 0 bridgehead atoms. The quantitative estimate of drug-likeness (QED) is 0.337. The van der Waals surface area contributed by atoms with Crippen LogP contribution in [0.15, 0.2) is 0 Å². The molecule has 0 unspecified atom stereocenters. The van der Waals surface area contributed by atoms with E-state index in [1.165, 1.54) is 38.5 Å². The first kappa shape index (κ1) is 22.4. The van der Waals surface area contributed by atoms with Gasteiger partial charge in [0.15, 0.2) is 0 Å². The van der Waals surface area contributed by atoms with E-state index in [-0.39, 0.29) is 12.5 Å². The van der Waals surface area contributed by atoms with E-state index in [9.17, 15) is 14.4 Å². The van der Waals surface area contributed by atoms with Gasteiger partial charge in [-0.3, -0.25) is 9.59 Å². The van der Waals surface area contributed by atoms with Crippen molar-refractivity contribution in [2.24, 2.45) is 0 Å². The molecule has 140 valence electrons. The molecule has 0 rings (SSSR count). The standard InChI is InChI=1S/C17H32N2O5/c1-2-3-4-5-6-7-8-9-10-11-15(21)18-12-16(22)19-14(13-20)17(23)24/h14,20H,2-13H2,1H3,(H,18,21)(H,19,22)(H,23,24)/t14-/m0/s1. The molecule has 7 nitrogen and oxygen atoms in total. The average molecular weight is 344 g/mol. The van der Waals surface area contributed by atoms with Crippen LogP contribution in [0.5, 0.6) is 0 Å². The second-order valence-electron chi connectivity index (χ2n) is 6.00. The molecule has 4 N–H and O–H groups in total. The number of aliphatic hydroxyl groups is 1. The Hall–Kier alpha value is -1.63. The second kappa shape index (κ2) is 14.9. The summed E-state index contributed by atoms with van der Waals surface area (Å²) in [7, 11) is 0. The molecule has 0 aromatic carbocycles. The van der Waals surface area contributed by atoms with Crippen LogP contribution >= 0.6 is 0 Å². The molecule has 1 atom stereocenters. The summed E-state index contributed by atoms with van der Waals surface area (Å²) in [6.45, 7) is 1.24. The second-order valence-corrected chi connectivity index (χ2v) is 6.00. The van der Waals surface area contributed by atoms with Crippen molar-refractivity contribution in [2.75, 3.05) is 13.2 Å². The SMILES string of the molecule is CCCCCCCCCCCC(=O)NCC(=O)N[C@@H](CO)C(=O)O. The van der Waals surface area contributed by atoms with Gasteiger partial charge in [-0.05, 0) is 6.42 Å². The molecule has 0 saturated heterocycles. The Bertz CT molecular complexity index is 374. The number of nitrogens with one attached hydrogen (secondary N) is 2. The summed E-state index contributed by atoms with van der Waals surface area (Å²) in [6.07, 6.45) is 10.9. The van der Waals surface area contributed by atoms with E-state index < -0.39 is 24.5 Å². The zero-order valence-corrected chi connectivity index (χ0v) is 14.7. The lowest BCUT2D eigenvalue weighted by Gasteiger charge is -2.12. The maximum Gasteiger partial charge on any atom is 0.328 e. The highest BCUT2D eigenvalue weighted by molar-refractivity contribution is 5.87. The number of carboxylic acids is 1. The predicted molar refractivity (Wildman–Crippen MR) is 91.5 cm³/mol. The predicted octanol–water partition coefficient (Wildman–Crippen LogP) is 1.59. The number of aliphatic hydroxyl groups excluding tert-OH is 1. The summed E-state index contributed by atoms with van der Waals surface area (Å²) in [6, 6.07) is -1.34. The Morgan fingerprint density at radius 3 is 1.92 bits per heavy atom. The van der Waals surface area contributed by atoms with E-state index in [0.29, 0.717) is 6.42 Å². The Morgan fingerprint density at radius 2 is 1.42 bits per heavy atom. The Balaban J connectivity index is 3.56. The fraction of sp³-hybridized carbons (Fsp3) is 0.824. The van der Waals surface area contributed by atoms with Gasteiger partial charge in [0.1, 0.15) is 6.04 Å². The van der Waals surface area contributed by atoms with E-state index in [2.05, 4.69) is 17.6 Å². The van der Waals surface area contributed by atoms with Crippen molar-refractivity contribution in [3.8, 4) is 0 Å².